The van der Waals surface area contributed by atoms with Crippen LogP contribution in [0.1, 0.15) is 38.9 Å². The number of hydrogen-bond acceptors (Lipinski definition) is 11. The zero-order valence-corrected chi connectivity index (χ0v) is 21.7. The number of aliphatic imine (C=N–C) groups is 1. The molecule has 12 N–H and O–H groups in total. The van der Waals surface area contributed by atoms with E-state index in [0.29, 0.717) is 5.56 Å². The van der Waals surface area contributed by atoms with Crippen LogP contribution in [0.15, 0.2) is 38.8 Å². The summed E-state index contributed by atoms with van der Waals surface area (Å²) in [6.07, 6.45) is 0.728. The van der Waals surface area contributed by atoms with Gasteiger partial charge in [-0.2, -0.15) is 0 Å². The smallest absolute Gasteiger partial charge is 0.343 e. The minimum absolute atomic E-state index is 0.00101. The van der Waals surface area contributed by atoms with Crippen molar-refractivity contribution in [2.75, 3.05) is 13.1 Å². The summed E-state index contributed by atoms with van der Waals surface area (Å²) in [4.78, 5) is 62.0. The zero-order valence-electron chi connectivity index (χ0n) is 21.7. The second-order valence-corrected chi connectivity index (χ2v) is 10.00. The zero-order chi connectivity index (χ0) is 29.0. The van der Waals surface area contributed by atoms with Gasteiger partial charge in [0.15, 0.2) is 12.0 Å². The number of H-pyrrole nitrogens is 2. The third-order valence-electron chi connectivity index (χ3n) is 7.74. The van der Waals surface area contributed by atoms with Gasteiger partial charge >= 0.3 is 11.6 Å². The maximum Gasteiger partial charge on any atom is 0.343 e. The van der Waals surface area contributed by atoms with Gasteiger partial charge in [0.1, 0.15) is 17.8 Å². The maximum absolute atomic E-state index is 13.3. The van der Waals surface area contributed by atoms with E-state index in [1.807, 2.05) is 24.9 Å². The third-order valence-corrected chi connectivity index (χ3v) is 7.74. The normalized spacial score (nSPS) is 26.2. The molecule has 4 heterocycles. The molecule has 3 aliphatic heterocycles. The van der Waals surface area contributed by atoms with Crippen LogP contribution in [0.25, 0.3) is 0 Å². The number of rotatable bonds is 6. The van der Waals surface area contributed by atoms with Crippen molar-refractivity contribution in [3.05, 3.63) is 67.5 Å². The van der Waals surface area contributed by atoms with E-state index in [-0.39, 0.29) is 30.7 Å². The van der Waals surface area contributed by atoms with Gasteiger partial charge < -0.3 is 31.6 Å². The van der Waals surface area contributed by atoms with E-state index in [1.165, 1.54) is 4.90 Å². The molecule has 1 aromatic heterocycles. The van der Waals surface area contributed by atoms with Gasteiger partial charge in [-0.1, -0.05) is 19.1 Å². The van der Waals surface area contributed by atoms with Crippen molar-refractivity contribution in [2.45, 2.75) is 49.8 Å². The number of aliphatic hydroxyl groups is 2. The average Bonchev–Trinajstić information content (AvgIpc) is 3.36. The number of nitrogens with two attached hydrogens (primary N) is 2. The summed E-state index contributed by atoms with van der Waals surface area (Å²) in [5.74, 6) is -3.97. The van der Waals surface area contributed by atoms with Crippen molar-refractivity contribution >= 4 is 23.7 Å². The molecule has 212 valence electrons. The average molecular weight is 556 g/mol. The van der Waals surface area contributed by atoms with E-state index in [4.69, 9.17) is 11.5 Å². The van der Waals surface area contributed by atoms with Crippen molar-refractivity contribution in [1.29, 1.82) is 0 Å². The number of guanidine groups is 2. The van der Waals surface area contributed by atoms with Crippen LogP contribution in [-0.2, 0) is 6.42 Å². The number of hydrogen-bond donors (Lipinski definition) is 10. The molecule has 0 aliphatic carbocycles. The molecule has 1 unspecified atom stereocenters. The van der Waals surface area contributed by atoms with E-state index in [0.717, 1.165) is 23.6 Å². The molecule has 4 atom stereocenters. The van der Waals surface area contributed by atoms with Crippen LogP contribution in [0.5, 0.6) is 0 Å². The molecule has 2 aromatic rings. The van der Waals surface area contributed by atoms with Crippen molar-refractivity contribution < 1.29 is 24.8 Å². The van der Waals surface area contributed by atoms with Crippen molar-refractivity contribution in [1.82, 2.24) is 30.8 Å². The lowest BCUT2D eigenvalue weighted by Gasteiger charge is -2.46. The molecule has 1 aromatic carbocycles. The summed E-state index contributed by atoms with van der Waals surface area (Å²) in [7, 11) is 0. The van der Waals surface area contributed by atoms with Crippen LogP contribution < -0.4 is 43.7 Å². The molecule has 0 radical (unpaired) electrons. The highest BCUT2D eigenvalue weighted by atomic mass is 16.5. The predicted molar refractivity (Wildman–Crippen MR) is 141 cm³/mol. The number of aromatic amines is 2. The lowest BCUT2D eigenvalue weighted by molar-refractivity contribution is -0.521. The first-order valence-corrected chi connectivity index (χ1v) is 12.6. The van der Waals surface area contributed by atoms with E-state index < -0.39 is 52.6 Å². The van der Waals surface area contributed by atoms with E-state index in [2.05, 4.69) is 30.9 Å². The molecule has 1 saturated heterocycles. The van der Waals surface area contributed by atoms with E-state index in [1.54, 1.807) is 12.1 Å². The molecule has 16 nitrogen and oxygen atoms in total. The second-order valence-electron chi connectivity index (χ2n) is 10.00. The van der Waals surface area contributed by atoms with Crippen LogP contribution >= 0.6 is 0 Å². The monoisotopic (exact) mass is 555 g/mol. The number of amides is 2. The highest BCUT2D eigenvalue weighted by Gasteiger charge is 2.76. The van der Waals surface area contributed by atoms with Gasteiger partial charge in [-0.05, 0) is 30.5 Å². The Morgan fingerprint density at radius 1 is 1.23 bits per heavy atom. The van der Waals surface area contributed by atoms with Gasteiger partial charge in [-0.15, -0.1) is 0 Å². The Labute approximate surface area is 226 Å². The molecular formula is C24H31N10O6+. The first-order chi connectivity index (χ1) is 18.9. The number of benzene rings is 1. The lowest BCUT2D eigenvalue weighted by Crippen LogP contribution is -2.90. The largest absolute Gasteiger partial charge is 0.370 e. The van der Waals surface area contributed by atoms with Crippen LogP contribution in [0, 0.1) is 6.92 Å². The Morgan fingerprint density at radius 2 is 1.98 bits per heavy atom. The first-order valence-electron chi connectivity index (χ1n) is 12.6. The summed E-state index contributed by atoms with van der Waals surface area (Å²) in [5, 5.41) is 31.4. The van der Waals surface area contributed by atoms with Crippen molar-refractivity contribution in [2.24, 2.45) is 16.5 Å². The Morgan fingerprint density at radius 3 is 2.67 bits per heavy atom. The minimum atomic E-state index is -2.63. The predicted octanol–water partition coefficient (Wildman–Crippen LogP) is -5.78. The van der Waals surface area contributed by atoms with Gasteiger partial charge in [0.05, 0.1) is 6.54 Å². The first kappa shape index (κ1) is 26.9. The van der Waals surface area contributed by atoms with Crippen LogP contribution in [0.4, 0.5) is 0 Å². The van der Waals surface area contributed by atoms with Crippen LogP contribution in [-0.4, -0.2) is 91.5 Å². The fraction of sp³-hybridized carbons (Fsp3) is 0.417. The van der Waals surface area contributed by atoms with Crippen molar-refractivity contribution in [3.63, 3.8) is 0 Å². The van der Waals surface area contributed by atoms with E-state index >= 15 is 0 Å². The molecule has 0 bridgehead atoms. The number of nitrogens with one attached hydrogen (secondary N) is 6. The van der Waals surface area contributed by atoms with Gasteiger partial charge in [0.2, 0.25) is 5.79 Å². The molecule has 2 amide bonds. The number of aryl methyl sites for hydroxylation is 1. The topological polar surface area (TPSA) is 258 Å². The Hall–Kier alpha value is -4.70. The summed E-state index contributed by atoms with van der Waals surface area (Å²) in [6, 6.07) is 3.21. The number of carbonyl (C=O) groups excluding carboxylic acids is 2. The fourth-order valence-corrected chi connectivity index (χ4v) is 5.77. The van der Waals surface area contributed by atoms with Gasteiger partial charge in [0, 0.05) is 18.2 Å². The second kappa shape index (κ2) is 9.49. The lowest BCUT2D eigenvalue weighted by atomic mass is 9.85. The highest BCUT2D eigenvalue weighted by Crippen LogP contribution is 2.41. The summed E-state index contributed by atoms with van der Waals surface area (Å²) in [6.45, 7) is 3.50. The molecule has 40 heavy (non-hydrogen) atoms. The molecule has 0 saturated carbocycles. The molecule has 3 aliphatic rings. The minimum Gasteiger partial charge on any atom is -0.370 e. The van der Waals surface area contributed by atoms with Crippen LogP contribution in [0.2, 0.25) is 0 Å². The SMILES string of the molecule is CCc1cccc(C(=O)NC2CN3C(N)=N[C@@H](CNC(=O)c4cc(=O)[nH]c(=O)[nH]4)[C@@H]4[NH+]=C(N)N[C@@]43C2(O)O)c1C. The Kier molecular flexibility index (Phi) is 6.38. The third kappa shape index (κ3) is 4.08. The van der Waals surface area contributed by atoms with Gasteiger partial charge in [0.25, 0.3) is 23.0 Å². The van der Waals surface area contributed by atoms with Gasteiger partial charge in [-0.25, -0.2) is 15.1 Å². The molecular weight excluding hydrogens is 524 g/mol. The molecule has 1 spiro atoms. The number of aromatic nitrogens is 2. The summed E-state index contributed by atoms with van der Waals surface area (Å²) >= 11 is 0. The fourth-order valence-electron chi connectivity index (χ4n) is 5.77. The molecule has 16 heteroatoms. The van der Waals surface area contributed by atoms with Crippen molar-refractivity contribution in [3.8, 4) is 0 Å². The van der Waals surface area contributed by atoms with Crippen LogP contribution in [0.3, 0.4) is 0 Å². The quantitative estimate of drug-likeness (QED) is 0.151. The highest BCUT2D eigenvalue weighted by molar-refractivity contribution is 5.96. The number of nitrogens with zero attached hydrogens (tertiary/aromatic N) is 2. The summed E-state index contributed by atoms with van der Waals surface area (Å²) in [5.41, 5.74) is 10.8. The molecule has 1 fully saturated rings. The van der Waals surface area contributed by atoms with E-state index in [9.17, 15) is 29.4 Å². The maximum atomic E-state index is 13.3. The Balaban J connectivity index is 1.41. The molecule has 5 rings (SSSR count). The Bertz CT molecular complexity index is 1530. The summed E-state index contributed by atoms with van der Waals surface area (Å²) < 4.78 is 0. The number of carbonyl (C=O) groups is 2. The standard InChI is InChI=1S/C24H30N10O6/c1-3-11-5-4-6-12(10(11)2)18(36)30-15-9-34-21(26)28-14(17-23(34,24(15,39)40)33-20(25)32-17)8-27-19(37)13-7-16(35)31-22(38)29-13/h4-7,14-15,17,39-40H,3,8-9H2,1-2H3,(H2,26,28)(H,27,37)(H,30,36)(H3,25,32,33)(H2,29,31,35,38)/p+1/t14-,15?,17-,23-/m0/s1. The van der Waals surface area contributed by atoms with Gasteiger partial charge in [-0.3, -0.25) is 35.0 Å².